The second-order valence-electron chi connectivity index (χ2n) is 4.77. The smallest absolute Gasteiger partial charge is 0.305 e. The molecular weight excluding hydrogens is 280 g/mol. The van der Waals surface area contributed by atoms with Gasteiger partial charge in [0.25, 0.3) is 5.91 Å². The summed E-state index contributed by atoms with van der Waals surface area (Å²) in [6, 6.07) is 3.10. The van der Waals surface area contributed by atoms with Crippen molar-refractivity contribution in [3.63, 3.8) is 0 Å². The Balaban J connectivity index is 1.76. The molecule has 0 aliphatic heterocycles. The first-order chi connectivity index (χ1) is 9.56. The van der Waals surface area contributed by atoms with Gasteiger partial charge in [-0.1, -0.05) is 6.07 Å². The van der Waals surface area contributed by atoms with Crippen molar-refractivity contribution in [2.75, 3.05) is 6.54 Å². The van der Waals surface area contributed by atoms with Crippen molar-refractivity contribution >= 4 is 29.1 Å². The molecule has 6 nitrogen and oxygen atoms in total. The predicted octanol–water partition coefficient (Wildman–Crippen LogP) is 0.847. The number of thiophene rings is 1. The lowest BCUT2D eigenvalue weighted by molar-refractivity contribution is -0.137. The Morgan fingerprint density at radius 2 is 2.15 bits per heavy atom. The van der Waals surface area contributed by atoms with Crippen LogP contribution in [-0.4, -0.2) is 35.5 Å². The Morgan fingerprint density at radius 3 is 2.70 bits per heavy atom. The first kappa shape index (κ1) is 14.5. The van der Waals surface area contributed by atoms with E-state index < -0.39 is 5.97 Å². The van der Waals surface area contributed by atoms with Crippen LogP contribution in [0.5, 0.6) is 0 Å². The van der Waals surface area contributed by atoms with Gasteiger partial charge < -0.3 is 15.7 Å². The van der Waals surface area contributed by atoms with E-state index in [-0.39, 0.29) is 36.7 Å². The summed E-state index contributed by atoms with van der Waals surface area (Å²) in [7, 11) is 0. The molecule has 108 valence electrons. The summed E-state index contributed by atoms with van der Waals surface area (Å²) >= 11 is 1.30. The molecule has 3 N–H and O–H groups in total. The molecule has 1 heterocycles. The number of nitrogens with one attached hydrogen (secondary N) is 2. The van der Waals surface area contributed by atoms with Crippen molar-refractivity contribution in [1.82, 2.24) is 10.6 Å². The quantitative estimate of drug-likeness (QED) is 0.695. The summed E-state index contributed by atoms with van der Waals surface area (Å²) in [5.41, 5.74) is 0. The third-order valence-corrected chi connectivity index (χ3v) is 3.96. The van der Waals surface area contributed by atoms with Crippen LogP contribution >= 0.6 is 11.3 Å². The largest absolute Gasteiger partial charge is 0.481 e. The fraction of sp³-hybridized carbons (Fsp3) is 0.462. The molecule has 1 aliphatic carbocycles. The van der Waals surface area contributed by atoms with E-state index in [2.05, 4.69) is 10.6 Å². The van der Waals surface area contributed by atoms with Gasteiger partial charge in [-0.2, -0.15) is 0 Å². The second kappa shape index (κ2) is 6.51. The van der Waals surface area contributed by atoms with Gasteiger partial charge in [0.05, 0.1) is 17.8 Å². The lowest BCUT2D eigenvalue weighted by Gasteiger charge is -2.16. The summed E-state index contributed by atoms with van der Waals surface area (Å²) in [5, 5.41) is 15.8. The van der Waals surface area contributed by atoms with E-state index in [0.29, 0.717) is 4.88 Å². The Kier molecular flexibility index (Phi) is 4.73. The van der Waals surface area contributed by atoms with E-state index >= 15 is 0 Å². The van der Waals surface area contributed by atoms with E-state index in [1.807, 2.05) is 0 Å². The third-order valence-electron chi connectivity index (χ3n) is 3.09. The Morgan fingerprint density at radius 1 is 1.40 bits per heavy atom. The molecule has 1 fully saturated rings. The molecular formula is C13H16N2O4S. The number of amides is 2. The SMILES string of the molecule is O=C(O)CC(NC(=O)CNC(=O)c1cccs1)C1CC1. The molecule has 0 aromatic carbocycles. The zero-order chi connectivity index (χ0) is 14.5. The van der Waals surface area contributed by atoms with Gasteiger partial charge in [-0.15, -0.1) is 11.3 Å². The molecule has 1 saturated carbocycles. The van der Waals surface area contributed by atoms with Gasteiger partial charge in [-0.05, 0) is 30.2 Å². The van der Waals surface area contributed by atoms with Crippen molar-refractivity contribution in [2.45, 2.75) is 25.3 Å². The highest BCUT2D eigenvalue weighted by Crippen LogP contribution is 2.33. The van der Waals surface area contributed by atoms with Gasteiger partial charge >= 0.3 is 5.97 Å². The van der Waals surface area contributed by atoms with E-state index in [4.69, 9.17) is 5.11 Å². The number of rotatable bonds is 7. The molecule has 0 bridgehead atoms. The fourth-order valence-corrected chi connectivity index (χ4v) is 2.58. The average molecular weight is 296 g/mol. The minimum atomic E-state index is -0.926. The van der Waals surface area contributed by atoms with Gasteiger partial charge in [0.2, 0.25) is 5.91 Å². The first-order valence-corrected chi connectivity index (χ1v) is 7.27. The van der Waals surface area contributed by atoms with Crippen LogP contribution < -0.4 is 10.6 Å². The second-order valence-corrected chi connectivity index (χ2v) is 5.72. The van der Waals surface area contributed by atoms with E-state index in [0.717, 1.165) is 12.8 Å². The van der Waals surface area contributed by atoms with Gasteiger partial charge in [0.1, 0.15) is 0 Å². The molecule has 1 unspecified atom stereocenters. The van der Waals surface area contributed by atoms with Gasteiger partial charge in [-0.3, -0.25) is 14.4 Å². The third kappa shape index (κ3) is 4.34. The molecule has 0 radical (unpaired) electrons. The van der Waals surface area contributed by atoms with Crippen LogP contribution in [0.15, 0.2) is 17.5 Å². The van der Waals surface area contributed by atoms with Crippen molar-refractivity contribution < 1.29 is 19.5 Å². The van der Waals surface area contributed by atoms with E-state index in [1.165, 1.54) is 11.3 Å². The molecule has 1 aromatic heterocycles. The number of carbonyl (C=O) groups excluding carboxylic acids is 2. The molecule has 2 rings (SSSR count). The maximum Gasteiger partial charge on any atom is 0.305 e. The van der Waals surface area contributed by atoms with Crippen LogP contribution in [0, 0.1) is 5.92 Å². The summed E-state index contributed by atoms with van der Waals surface area (Å²) < 4.78 is 0. The summed E-state index contributed by atoms with van der Waals surface area (Å²) in [4.78, 5) is 34.6. The van der Waals surface area contributed by atoms with E-state index in [1.54, 1.807) is 17.5 Å². The first-order valence-electron chi connectivity index (χ1n) is 6.39. The minimum absolute atomic E-state index is 0.0741. The number of aliphatic carboxylic acids is 1. The highest BCUT2D eigenvalue weighted by molar-refractivity contribution is 7.12. The molecule has 0 spiro atoms. The fourth-order valence-electron chi connectivity index (χ4n) is 1.94. The highest BCUT2D eigenvalue weighted by Gasteiger charge is 2.33. The number of carbonyl (C=O) groups is 3. The summed E-state index contributed by atoms with van der Waals surface area (Å²) in [6.07, 6.45) is 1.81. The van der Waals surface area contributed by atoms with Gasteiger partial charge in [0, 0.05) is 6.04 Å². The van der Waals surface area contributed by atoms with Crippen molar-refractivity contribution in [1.29, 1.82) is 0 Å². The molecule has 20 heavy (non-hydrogen) atoms. The summed E-state index contributed by atoms with van der Waals surface area (Å²) in [6.45, 7) is -0.139. The zero-order valence-corrected chi connectivity index (χ0v) is 11.6. The Hall–Kier alpha value is -1.89. The average Bonchev–Trinajstić information content (AvgIpc) is 3.09. The van der Waals surface area contributed by atoms with Crippen molar-refractivity contribution in [3.8, 4) is 0 Å². The topological polar surface area (TPSA) is 95.5 Å². The van der Waals surface area contributed by atoms with Crippen LogP contribution in [0.4, 0.5) is 0 Å². The van der Waals surface area contributed by atoms with Crippen LogP contribution in [0.25, 0.3) is 0 Å². The number of carboxylic acids is 1. The Labute approximate surface area is 120 Å². The standard InChI is InChI=1S/C13H16N2O4S/c16-11(7-14-13(19)10-2-1-5-20-10)15-9(6-12(17)18)8-3-4-8/h1-2,5,8-9H,3-4,6-7H2,(H,14,19)(H,15,16)(H,17,18). The molecule has 2 amide bonds. The zero-order valence-electron chi connectivity index (χ0n) is 10.8. The van der Waals surface area contributed by atoms with Gasteiger partial charge in [-0.25, -0.2) is 0 Å². The molecule has 0 saturated heterocycles. The summed E-state index contributed by atoms with van der Waals surface area (Å²) in [5.74, 6) is -1.32. The Bertz CT molecular complexity index is 496. The maximum absolute atomic E-state index is 11.7. The molecule has 1 atom stereocenters. The van der Waals surface area contributed by atoms with Crippen molar-refractivity contribution in [3.05, 3.63) is 22.4 Å². The van der Waals surface area contributed by atoms with Crippen LogP contribution in [-0.2, 0) is 9.59 Å². The van der Waals surface area contributed by atoms with Crippen LogP contribution in [0.2, 0.25) is 0 Å². The predicted molar refractivity (Wildman–Crippen MR) is 73.6 cm³/mol. The monoisotopic (exact) mass is 296 g/mol. The van der Waals surface area contributed by atoms with E-state index in [9.17, 15) is 14.4 Å². The number of hydrogen-bond acceptors (Lipinski definition) is 4. The maximum atomic E-state index is 11.7. The molecule has 1 aliphatic rings. The van der Waals surface area contributed by atoms with Crippen LogP contribution in [0.1, 0.15) is 28.9 Å². The highest BCUT2D eigenvalue weighted by atomic mass is 32.1. The van der Waals surface area contributed by atoms with Crippen LogP contribution in [0.3, 0.4) is 0 Å². The van der Waals surface area contributed by atoms with Gasteiger partial charge in [0.15, 0.2) is 0 Å². The lowest BCUT2D eigenvalue weighted by atomic mass is 10.1. The molecule has 7 heteroatoms. The lowest BCUT2D eigenvalue weighted by Crippen LogP contribution is -2.43. The number of carboxylic acid groups (broad SMARTS) is 1. The number of hydrogen-bond donors (Lipinski definition) is 3. The minimum Gasteiger partial charge on any atom is -0.481 e. The van der Waals surface area contributed by atoms with Crippen molar-refractivity contribution in [2.24, 2.45) is 5.92 Å². The molecule has 1 aromatic rings. The normalized spacial score (nSPS) is 15.4.